The summed E-state index contributed by atoms with van der Waals surface area (Å²) < 4.78 is 8.43. The zero-order chi connectivity index (χ0) is 24.5. The minimum Gasteiger partial charge on any atom is -0.497 e. The second-order valence-corrected chi connectivity index (χ2v) is 8.76. The molecule has 0 spiro atoms. The summed E-state index contributed by atoms with van der Waals surface area (Å²) in [4.78, 5) is 31.3. The van der Waals surface area contributed by atoms with E-state index in [9.17, 15) is 9.59 Å². The first kappa shape index (κ1) is 22.7. The number of anilines is 1. The number of nitrogens with one attached hydrogen (secondary N) is 1. The highest BCUT2D eigenvalue weighted by Crippen LogP contribution is 2.27. The molecule has 5 rings (SSSR count). The Hall–Kier alpha value is -4.10. The molecule has 2 aromatic heterocycles. The van der Waals surface area contributed by atoms with Crippen molar-refractivity contribution in [2.75, 3.05) is 12.4 Å². The molecule has 2 heterocycles. The van der Waals surface area contributed by atoms with Gasteiger partial charge in [0.25, 0.3) is 5.56 Å². The number of aromatic nitrogens is 3. The molecular weight excluding hydrogens is 464 g/mol. The number of halogens is 1. The van der Waals surface area contributed by atoms with Crippen LogP contribution in [0.25, 0.3) is 21.9 Å². The van der Waals surface area contributed by atoms with Crippen LogP contribution in [0.4, 0.5) is 5.69 Å². The van der Waals surface area contributed by atoms with E-state index in [0.29, 0.717) is 27.5 Å². The molecule has 0 bridgehead atoms. The fraction of sp³-hybridized carbons (Fsp3) is 0.148. The van der Waals surface area contributed by atoms with Crippen molar-refractivity contribution in [1.29, 1.82) is 0 Å². The van der Waals surface area contributed by atoms with Gasteiger partial charge in [0.2, 0.25) is 5.91 Å². The Balaban J connectivity index is 1.58. The Kier molecular flexibility index (Phi) is 6.01. The van der Waals surface area contributed by atoms with Crippen molar-refractivity contribution < 1.29 is 9.53 Å². The van der Waals surface area contributed by atoms with E-state index in [4.69, 9.17) is 16.3 Å². The van der Waals surface area contributed by atoms with Crippen LogP contribution < -0.4 is 15.6 Å². The van der Waals surface area contributed by atoms with Crippen LogP contribution in [0.5, 0.6) is 5.75 Å². The topological polar surface area (TPSA) is 78.2 Å². The molecule has 3 aromatic carbocycles. The van der Waals surface area contributed by atoms with Crippen LogP contribution >= 0.6 is 11.6 Å². The van der Waals surface area contributed by atoms with Crippen LogP contribution in [0.3, 0.4) is 0 Å². The number of rotatable bonds is 6. The number of nitrogens with zero attached hydrogens (tertiary/aromatic N) is 3. The number of amides is 1. The molecule has 0 unspecified atom stereocenters. The van der Waals surface area contributed by atoms with Gasteiger partial charge < -0.3 is 14.6 Å². The number of fused-ring (bicyclic) bond motifs is 3. The first-order chi connectivity index (χ1) is 16.9. The number of ether oxygens (including phenoxy) is 1. The molecule has 8 heteroatoms. The molecule has 0 aliphatic heterocycles. The van der Waals surface area contributed by atoms with Crippen molar-refractivity contribution in [3.05, 3.63) is 99.6 Å². The molecule has 0 aliphatic carbocycles. The lowest BCUT2D eigenvalue weighted by molar-refractivity contribution is -0.116. The van der Waals surface area contributed by atoms with Crippen LogP contribution in [-0.2, 0) is 17.9 Å². The Morgan fingerprint density at radius 2 is 1.86 bits per heavy atom. The van der Waals surface area contributed by atoms with Gasteiger partial charge in [0, 0.05) is 16.1 Å². The van der Waals surface area contributed by atoms with Crippen LogP contribution in [-0.4, -0.2) is 27.1 Å². The summed E-state index contributed by atoms with van der Waals surface area (Å²) >= 11 is 6.32. The molecule has 176 valence electrons. The molecule has 0 aliphatic rings. The van der Waals surface area contributed by atoms with Crippen molar-refractivity contribution in [3.8, 4) is 5.75 Å². The first-order valence-corrected chi connectivity index (χ1v) is 11.5. The number of hydrogen-bond donors (Lipinski definition) is 1. The Morgan fingerprint density at radius 3 is 2.60 bits per heavy atom. The fourth-order valence-electron chi connectivity index (χ4n) is 4.22. The predicted octanol–water partition coefficient (Wildman–Crippen LogP) is 5.01. The smallest absolute Gasteiger partial charge is 0.278 e. The average Bonchev–Trinajstić information content (AvgIpc) is 3.15. The van der Waals surface area contributed by atoms with Gasteiger partial charge in [-0.25, -0.2) is 4.98 Å². The van der Waals surface area contributed by atoms with Crippen molar-refractivity contribution in [1.82, 2.24) is 14.1 Å². The highest BCUT2D eigenvalue weighted by molar-refractivity contribution is 6.31. The van der Waals surface area contributed by atoms with E-state index in [1.54, 1.807) is 42.0 Å². The van der Waals surface area contributed by atoms with Gasteiger partial charge in [-0.2, -0.15) is 0 Å². The number of methoxy groups -OCH3 is 1. The van der Waals surface area contributed by atoms with E-state index in [0.717, 1.165) is 22.0 Å². The second kappa shape index (κ2) is 9.27. The number of carbonyl (C=O) groups is 1. The van der Waals surface area contributed by atoms with E-state index < -0.39 is 0 Å². The molecule has 1 amide bonds. The molecule has 5 aromatic rings. The van der Waals surface area contributed by atoms with Gasteiger partial charge in [-0.05, 0) is 55.0 Å². The molecule has 7 nitrogen and oxygen atoms in total. The Bertz CT molecular complexity index is 1620. The van der Waals surface area contributed by atoms with Gasteiger partial charge >= 0.3 is 0 Å². The SMILES string of the molecule is COc1ccc(NC(=O)Cn2c3ccc(C)cc3c3ncn(Cc4ccccc4Cl)c(=O)c32)cc1. The zero-order valence-electron chi connectivity index (χ0n) is 19.3. The maximum atomic E-state index is 13.6. The fourth-order valence-corrected chi connectivity index (χ4v) is 4.42. The minimum atomic E-state index is -0.254. The quantitative estimate of drug-likeness (QED) is 0.366. The lowest BCUT2D eigenvalue weighted by atomic mass is 10.1. The Labute approximate surface area is 206 Å². The standard InChI is InChI=1S/C27H23ClN4O3/c1-17-7-12-23-21(13-17)25-26(27(34)31(16-29-25)14-18-5-3-4-6-22(18)28)32(23)15-24(33)30-19-8-10-20(35-2)11-9-19/h3-13,16H,14-15H2,1-2H3,(H,30,33). The van der Waals surface area contributed by atoms with E-state index in [2.05, 4.69) is 10.3 Å². The van der Waals surface area contributed by atoms with Crippen molar-refractivity contribution in [2.24, 2.45) is 0 Å². The summed E-state index contributed by atoms with van der Waals surface area (Å²) in [5, 5.41) is 4.30. The number of benzene rings is 3. The summed E-state index contributed by atoms with van der Waals surface area (Å²) in [6, 6.07) is 20.3. The van der Waals surface area contributed by atoms with Crippen molar-refractivity contribution in [3.63, 3.8) is 0 Å². The molecule has 0 fully saturated rings. The van der Waals surface area contributed by atoms with E-state index >= 15 is 0 Å². The lowest BCUT2D eigenvalue weighted by Gasteiger charge is -2.11. The number of hydrogen-bond acceptors (Lipinski definition) is 4. The molecule has 0 saturated heterocycles. The van der Waals surface area contributed by atoms with Gasteiger partial charge in [-0.1, -0.05) is 41.4 Å². The monoisotopic (exact) mass is 486 g/mol. The third kappa shape index (κ3) is 4.38. The molecule has 1 N–H and O–H groups in total. The maximum Gasteiger partial charge on any atom is 0.278 e. The van der Waals surface area contributed by atoms with Crippen LogP contribution in [0.1, 0.15) is 11.1 Å². The third-order valence-electron chi connectivity index (χ3n) is 5.96. The second-order valence-electron chi connectivity index (χ2n) is 8.35. The van der Waals surface area contributed by atoms with Gasteiger partial charge in [0.05, 0.1) is 25.5 Å². The van der Waals surface area contributed by atoms with Crippen molar-refractivity contribution in [2.45, 2.75) is 20.0 Å². The summed E-state index contributed by atoms with van der Waals surface area (Å²) in [7, 11) is 1.59. The largest absolute Gasteiger partial charge is 0.497 e. The van der Waals surface area contributed by atoms with E-state index in [-0.39, 0.29) is 24.6 Å². The van der Waals surface area contributed by atoms with Crippen LogP contribution in [0.2, 0.25) is 5.02 Å². The summed E-state index contributed by atoms with van der Waals surface area (Å²) in [5.41, 5.74) is 3.99. The van der Waals surface area contributed by atoms with Gasteiger partial charge in [0.1, 0.15) is 23.3 Å². The minimum absolute atomic E-state index is 0.0396. The van der Waals surface area contributed by atoms with Gasteiger partial charge in [-0.15, -0.1) is 0 Å². The normalized spacial score (nSPS) is 11.2. The summed E-state index contributed by atoms with van der Waals surface area (Å²) in [5.74, 6) is 0.446. The maximum absolute atomic E-state index is 13.6. The van der Waals surface area contributed by atoms with Gasteiger partial charge in [-0.3, -0.25) is 14.2 Å². The summed E-state index contributed by atoms with van der Waals surface area (Å²) in [6.07, 6.45) is 1.54. The highest BCUT2D eigenvalue weighted by Gasteiger charge is 2.19. The molecule has 35 heavy (non-hydrogen) atoms. The number of carbonyl (C=O) groups excluding carboxylic acids is 1. The third-order valence-corrected chi connectivity index (χ3v) is 6.32. The zero-order valence-corrected chi connectivity index (χ0v) is 20.0. The van der Waals surface area contributed by atoms with Crippen LogP contribution in [0.15, 0.2) is 77.9 Å². The summed E-state index contributed by atoms with van der Waals surface area (Å²) in [6.45, 7) is 2.22. The Morgan fingerprint density at radius 1 is 1.09 bits per heavy atom. The molecule has 0 saturated carbocycles. The lowest BCUT2D eigenvalue weighted by Crippen LogP contribution is -2.25. The molecule has 0 radical (unpaired) electrons. The average molecular weight is 487 g/mol. The van der Waals surface area contributed by atoms with Gasteiger partial charge in [0.15, 0.2) is 0 Å². The van der Waals surface area contributed by atoms with Crippen molar-refractivity contribution >= 4 is 45.1 Å². The molecule has 0 atom stereocenters. The van der Waals surface area contributed by atoms with E-state index in [1.807, 2.05) is 43.3 Å². The van der Waals surface area contributed by atoms with Crippen LogP contribution in [0, 0.1) is 6.92 Å². The predicted molar refractivity (Wildman–Crippen MR) is 138 cm³/mol. The van der Waals surface area contributed by atoms with E-state index in [1.165, 1.54) is 10.9 Å². The highest BCUT2D eigenvalue weighted by atomic mass is 35.5. The number of aryl methyl sites for hydroxylation is 1. The first-order valence-electron chi connectivity index (χ1n) is 11.1. The molecular formula is C27H23ClN4O3.